The fraction of sp³-hybridized carbons (Fsp3) is 0.889. The average Bonchev–Trinajstić information content (AvgIpc) is 2.97. The lowest BCUT2D eigenvalue weighted by Crippen LogP contribution is -2.51. The minimum atomic E-state index is -0.285. The first-order valence-electron chi connectivity index (χ1n) is 8.88. The first kappa shape index (κ1) is 21.2. The van der Waals surface area contributed by atoms with Crippen LogP contribution < -0.4 is 5.32 Å². The van der Waals surface area contributed by atoms with E-state index in [1.807, 2.05) is 13.8 Å². The van der Waals surface area contributed by atoms with Crippen LogP contribution >= 0.6 is 12.4 Å². The van der Waals surface area contributed by atoms with Gasteiger partial charge in [-0.1, -0.05) is 27.7 Å². The number of amides is 1. The Labute approximate surface area is 152 Å². The summed E-state index contributed by atoms with van der Waals surface area (Å²) in [6.45, 7) is 9.22. The SMILES string of the molecule is COC(=O)[C@@H]1C[C@H](N(C(=O)C(C)C)C2CCC(C)(C)CC2)CN1.Cl. The molecule has 1 heterocycles. The molecule has 1 saturated carbocycles. The van der Waals surface area contributed by atoms with E-state index >= 15 is 0 Å². The molecule has 1 N–H and O–H groups in total. The zero-order valence-electron chi connectivity index (χ0n) is 15.6. The number of esters is 1. The van der Waals surface area contributed by atoms with E-state index in [0.717, 1.165) is 25.7 Å². The molecule has 0 spiro atoms. The van der Waals surface area contributed by atoms with Crippen LogP contribution in [-0.2, 0) is 14.3 Å². The van der Waals surface area contributed by atoms with Crippen LogP contribution in [0.25, 0.3) is 0 Å². The maximum atomic E-state index is 12.8. The van der Waals surface area contributed by atoms with Gasteiger partial charge in [0.15, 0.2) is 0 Å². The summed E-state index contributed by atoms with van der Waals surface area (Å²) < 4.78 is 4.84. The molecule has 1 aliphatic carbocycles. The topological polar surface area (TPSA) is 58.6 Å². The molecule has 2 aliphatic rings. The van der Waals surface area contributed by atoms with Crippen LogP contribution in [-0.4, -0.2) is 48.6 Å². The van der Waals surface area contributed by atoms with Crippen LogP contribution in [0, 0.1) is 11.3 Å². The van der Waals surface area contributed by atoms with Gasteiger partial charge < -0.3 is 15.0 Å². The summed E-state index contributed by atoms with van der Waals surface area (Å²) in [5.41, 5.74) is 0.380. The highest BCUT2D eigenvalue weighted by Gasteiger charge is 2.41. The Morgan fingerprint density at radius 3 is 2.25 bits per heavy atom. The van der Waals surface area contributed by atoms with E-state index in [2.05, 4.69) is 24.1 Å². The molecule has 2 fully saturated rings. The number of nitrogens with zero attached hydrogens (tertiary/aromatic N) is 1. The molecule has 24 heavy (non-hydrogen) atoms. The van der Waals surface area contributed by atoms with Gasteiger partial charge in [0.1, 0.15) is 6.04 Å². The summed E-state index contributed by atoms with van der Waals surface area (Å²) in [5, 5.41) is 3.22. The molecule has 1 saturated heterocycles. The van der Waals surface area contributed by atoms with Crippen molar-refractivity contribution in [3.8, 4) is 0 Å². The molecule has 0 radical (unpaired) electrons. The summed E-state index contributed by atoms with van der Waals surface area (Å²) in [6.07, 6.45) is 5.08. The minimum Gasteiger partial charge on any atom is -0.468 e. The number of hydrogen-bond acceptors (Lipinski definition) is 4. The van der Waals surface area contributed by atoms with E-state index in [1.165, 1.54) is 7.11 Å². The van der Waals surface area contributed by atoms with Crippen molar-refractivity contribution >= 4 is 24.3 Å². The molecule has 1 aliphatic heterocycles. The molecular formula is C18H33ClN2O3. The van der Waals surface area contributed by atoms with Crippen molar-refractivity contribution in [1.29, 1.82) is 0 Å². The zero-order chi connectivity index (χ0) is 17.2. The summed E-state index contributed by atoms with van der Waals surface area (Å²) in [5.74, 6) is -0.0247. The zero-order valence-corrected chi connectivity index (χ0v) is 16.4. The lowest BCUT2D eigenvalue weighted by Gasteiger charge is -2.43. The van der Waals surface area contributed by atoms with E-state index in [-0.39, 0.29) is 42.3 Å². The van der Waals surface area contributed by atoms with Gasteiger partial charge in [-0.2, -0.15) is 0 Å². The fourth-order valence-electron chi connectivity index (χ4n) is 3.87. The van der Waals surface area contributed by atoms with Crippen LogP contribution in [0.4, 0.5) is 0 Å². The highest BCUT2D eigenvalue weighted by Crippen LogP contribution is 2.38. The summed E-state index contributed by atoms with van der Waals surface area (Å²) in [4.78, 5) is 26.7. The van der Waals surface area contributed by atoms with E-state index in [0.29, 0.717) is 24.4 Å². The largest absolute Gasteiger partial charge is 0.468 e. The molecule has 0 bridgehead atoms. The first-order chi connectivity index (χ1) is 10.7. The first-order valence-corrected chi connectivity index (χ1v) is 8.88. The molecule has 0 aromatic heterocycles. The molecule has 2 rings (SSSR count). The molecule has 0 aromatic rings. The Bertz CT molecular complexity index is 444. The lowest BCUT2D eigenvalue weighted by molar-refractivity contribution is -0.144. The van der Waals surface area contributed by atoms with Crippen LogP contribution in [0.3, 0.4) is 0 Å². The molecule has 2 atom stereocenters. The number of halogens is 1. The molecule has 5 nitrogen and oxygen atoms in total. The third kappa shape index (κ3) is 4.85. The third-order valence-corrected chi connectivity index (χ3v) is 5.44. The van der Waals surface area contributed by atoms with Crippen LogP contribution in [0.2, 0.25) is 0 Å². The summed E-state index contributed by atoms with van der Waals surface area (Å²) in [7, 11) is 1.41. The third-order valence-electron chi connectivity index (χ3n) is 5.44. The van der Waals surface area contributed by atoms with Gasteiger partial charge in [-0.25, -0.2) is 0 Å². The predicted octanol–water partition coefficient (Wildman–Crippen LogP) is 2.77. The van der Waals surface area contributed by atoms with Crippen LogP contribution in [0.1, 0.15) is 59.8 Å². The van der Waals surface area contributed by atoms with Crippen molar-refractivity contribution in [3.63, 3.8) is 0 Å². The van der Waals surface area contributed by atoms with Crippen LogP contribution in [0.15, 0.2) is 0 Å². The van der Waals surface area contributed by atoms with Gasteiger partial charge in [0.25, 0.3) is 0 Å². The summed E-state index contributed by atoms with van der Waals surface area (Å²) in [6, 6.07) is 0.119. The molecule has 6 heteroatoms. The lowest BCUT2D eigenvalue weighted by atomic mass is 9.75. The van der Waals surface area contributed by atoms with Crippen molar-refractivity contribution in [2.24, 2.45) is 11.3 Å². The Hall–Kier alpha value is -0.810. The van der Waals surface area contributed by atoms with Gasteiger partial charge in [0.05, 0.1) is 7.11 Å². The quantitative estimate of drug-likeness (QED) is 0.783. The van der Waals surface area contributed by atoms with Crippen molar-refractivity contribution in [2.45, 2.75) is 77.9 Å². The number of hydrogen-bond donors (Lipinski definition) is 1. The second-order valence-electron chi connectivity index (χ2n) is 8.17. The molecule has 1 amide bonds. The number of nitrogens with one attached hydrogen (secondary N) is 1. The monoisotopic (exact) mass is 360 g/mol. The van der Waals surface area contributed by atoms with Gasteiger partial charge in [0, 0.05) is 24.5 Å². The Kier molecular flexibility index (Phi) is 7.54. The second kappa shape index (κ2) is 8.52. The molecule has 0 unspecified atom stereocenters. The number of carbonyl (C=O) groups is 2. The van der Waals surface area contributed by atoms with Crippen molar-refractivity contribution < 1.29 is 14.3 Å². The van der Waals surface area contributed by atoms with Gasteiger partial charge in [0.2, 0.25) is 5.91 Å². The van der Waals surface area contributed by atoms with Crippen molar-refractivity contribution in [2.75, 3.05) is 13.7 Å². The standard InChI is InChI=1S/C18H32N2O3.ClH/c1-12(2)16(21)20(13-6-8-18(3,4)9-7-13)14-10-15(19-11-14)17(22)23-5;/h12-15,19H,6-11H2,1-5H3;1H/t14-,15-;/m0./s1. The maximum Gasteiger partial charge on any atom is 0.322 e. The number of ether oxygens (including phenoxy) is 1. The Morgan fingerprint density at radius 1 is 1.17 bits per heavy atom. The van der Waals surface area contributed by atoms with Crippen LogP contribution in [0.5, 0.6) is 0 Å². The van der Waals surface area contributed by atoms with Crippen molar-refractivity contribution in [1.82, 2.24) is 10.2 Å². The van der Waals surface area contributed by atoms with Gasteiger partial charge in [-0.05, 0) is 37.5 Å². The van der Waals surface area contributed by atoms with E-state index in [9.17, 15) is 9.59 Å². The van der Waals surface area contributed by atoms with E-state index < -0.39 is 0 Å². The highest BCUT2D eigenvalue weighted by atomic mass is 35.5. The maximum absolute atomic E-state index is 12.8. The normalized spacial score (nSPS) is 26.8. The van der Waals surface area contributed by atoms with Gasteiger partial charge in [-0.15, -0.1) is 12.4 Å². The van der Waals surface area contributed by atoms with Crippen molar-refractivity contribution in [3.05, 3.63) is 0 Å². The highest BCUT2D eigenvalue weighted by molar-refractivity contribution is 5.85. The molecule has 0 aromatic carbocycles. The number of rotatable bonds is 4. The number of carbonyl (C=O) groups excluding carboxylic acids is 2. The molecule has 140 valence electrons. The second-order valence-corrected chi connectivity index (χ2v) is 8.17. The summed E-state index contributed by atoms with van der Waals surface area (Å²) >= 11 is 0. The Morgan fingerprint density at radius 2 is 1.75 bits per heavy atom. The minimum absolute atomic E-state index is 0. The molecular weight excluding hydrogens is 328 g/mol. The average molecular weight is 361 g/mol. The van der Waals surface area contributed by atoms with E-state index in [1.54, 1.807) is 0 Å². The van der Waals surface area contributed by atoms with E-state index in [4.69, 9.17) is 4.74 Å². The Balaban J connectivity index is 0.00000288. The van der Waals surface area contributed by atoms with Gasteiger partial charge in [-0.3, -0.25) is 9.59 Å². The predicted molar refractivity (Wildman–Crippen MR) is 97.2 cm³/mol. The fourth-order valence-corrected chi connectivity index (χ4v) is 3.87. The number of methoxy groups -OCH3 is 1. The van der Waals surface area contributed by atoms with Gasteiger partial charge >= 0.3 is 5.97 Å². The smallest absolute Gasteiger partial charge is 0.322 e.